The summed E-state index contributed by atoms with van der Waals surface area (Å²) in [5, 5.41) is 17.4. The standard InChI is InChI=1S/C11H6ClNO2/c12-10-5-4-9(11(14)15)7-8(10)3-1-2-6-13/h4-5,7H,2H2,(H,14,15). The van der Waals surface area contributed by atoms with E-state index in [1.807, 2.05) is 6.07 Å². The maximum Gasteiger partial charge on any atom is 0.335 e. The topological polar surface area (TPSA) is 61.1 Å². The molecule has 4 heteroatoms. The Balaban J connectivity index is 3.08. The summed E-state index contributed by atoms with van der Waals surface area (Å²) in [5.41, 5.74) is 0.549. The number of rotatable bonds is 1. The highest BCUT2D eigenvalue weighted by Crippen LogP contribution is 2.16. The van der Waals surface area contributed by atoms with Gasteiger partial charge in [0.25, 0.3) is 0 Å². The Bertz CT molecular complexity index is 492. The first-order valence-electron chi connectivity index (χ1n) is 4.04. The average molecular weight is 220 g/mol. The molecule has 0 fully saturated rings. The van der Waals surface area contributed by atoms with E-state index in [4.69, 9.17) is 22.0 Å². The van der Waals surface area contributed by atoms with Gasteiger partial charge in [0, 0.05) is 5.56 Å². The van der Waals surface area contributed by atoms with Crippen LogP contribution in [0.15, 0.2) is 18.2 Å². The normalized spacial score (nSPS) is 8.53. The Labute approximate surface area is 91.9 Å². The Morgan fingerprint density at radius 3 is 2.87 bits per heavy atom. The summed E-state index contributed by atoms with van der Waals surface area (Å²) in [6.45, 7) is 0. The van der Waals surface area contributed by atoms with E-state index in [0.29, 0.717) is 10.6 Å². The number of nitriles is 1. The molecule has 0 spiro atoms. The van der Waals surface area contributed by atoms with Crippen molar-refractivity contribution in [2.45, 2.75) is 6.42 Å². The van der Waals surface area contributed by atoms with Crippen LogP contribution in [0.25, 0.3) is 0 Å². The zero-order chi connectivity index (χ0) is 11.3. The third-order valence-electron chi connectivity index (χ3n) is 1.60. The second kappa shape index (κ2) is 5.05. The largest absolute Gasteiger partial charge is 0.478 e. The fourth-order valence-corrected chi connectivity index (χ4v) is 1.10. The number of carbonyl (C=O) groups is 1. The minimum atomic E-state index is -1.03. The number of hydrogen-bond donors (Lipinski definition) is 1. The smallest absolute Gasteiger partial charge is 0.335 e. The Morgan fingerprint density at radius 1 is 1.53 bits per heavy atom. The van der Waals surface area contributed by atoms with Crippen molar-refractivity contribution in [1.29, 1.82) is 5.26 Å². The van der Waals surface area contributed by atoms with Crippen LogP contribution in [0.2, 0.25) is 5.02 Å². The number of carboxylic acids is 1. The fraction of sp³-hybridized carbons (Fsp3) is 0.0909. The highest BCUT2D eigenvalue weighted by molar-refractivity contribution is 6.31. The van der Waals surface area contributed by atoms with Crippen LogP contribution in [0.4, 0.5) is 0 Å². The molecule has 3 nitrogen and oxygen atoms in total. The molecule has 0 amide bonds. The fourth-order valence-electron chi connectivity index (χ4n) is 0.933. The highest BCUT2D eigenvalue weighted by Gasteiger charge is 2.05. The lowest BCUT2D eigenvalue weighted by Crippen LogP contribution is -1.96. The Kier molecular flexibility index (Phi) is 3.74. The third kappa shape index (κ3) is 3.02. The number of carboxylic acid groups (broad SMARTS) is 1. The zero-order valence-corrected chi connectivity index (χ0v) is 8.38. The molecular weight excluding hydrogens is 214 g/mol. The molecule has 0 aliphatic heterocycles. The van der Waals surface area contributed by atoms with Crippen molar-refractivity contribution < 1.29 is 9.90 Å². The highest BCUT2D eigenvalue weighted by atomic mass is 35.5. The average Bonchev–Trinajstić information content (AvgIpc) is 2.20. The maximum absolute atomic E-state index is 10.7. The second-order valence-electron chi connectivity index (χ2n) is 2.64. The Hall–Kier alpha value is -1.97. The molecule has 1 N–H and O–H groups in total. The SMILES string of the molecule is N#CCC#Cc1cc(C(=O)O)ccc1Cl. The molecule has 0 aromatic heterocycles. The van der Waals surface area contributed by atoms with E-state index < -0.39 is 5.97 Å². The predicted molar refractivity (Wildman–Crippen MR) is 55.5 cm³/mol. The van der Waals surface area contributed by atoms with Crippen molar-refractivity contribution in [3.63, 3.8) is 0 Å². The number of hydrogen-bond acceptors (Lipinski definition) is 2. The van der Waals surface area contributed by atoms with Crippen LogP contribution in [0, 0.1) is 23.2 Å². The van der Waals surface area contributed by atoms with E-state index in [-0.39, 0.29) is 12.0 Å². The van der Waals surface area contributed by atoms with Gasteiger partial charge >= 0.3 is 5.97 Å². The summed E-state index contributed by atoms with van der Waals surface area (Å²) in [6.07, 6.45) is 0.0909. The lowest BCUT2D eigenvalue weighted by Gasteiger charge is -1.97. The first kappa shape index (κ1) is 11.1. The van der Waals surface area contributed by atoms with E-state index in [0.717, 1.165) is 0 Å². The van der Waals surface area contributed by atoms with Gasteiger partial charge in [0.2, 0.25) is 0 Å². The van der Waals surface area contributed by atoms with Crippen LogP contribution in [0.3, 0.4) is 0 Å². The van der Waals surface area contributed by atoms with Gasteiger partial charge in [0.15, 0.2) is 0 Å². The van der Waals surface area contributed by atoms with Gasteiger partial charge in [-0.3, -0.25) is 0 Å². The van der Waals surface area contributed by atoms with Gasteiger partial charge in [0.1, 0.15) is 0 Å². The monoisotopic (exact) mass is 219 g/mol. The van der Waals surface area contributed by atoms with Crippen molar-refractivity contribution in [2.75, 3.05) is 0 Å². The molecule has 0 radical (unpaired) electrons. The van der Waals surface area contributed by atoms with Crippen molar-refractivity contribution in [3.8, 4) is 17.9 Å². The number of aromatic carboxylic acids is 1. The summed E-state index contributed by atoms with van der Waals surface area (Å²) in [7, 11) is 0. The number of benzene rings is 1. The molecular formula is C11H6ClNO2. The lowest BCUT2D eigenvalue weighted by atomic mass is 10.1. The molecule has 1 rings (SSSR count). The maximum atomic E-state index is 10.7. The van der Waals surface area contributed by atoms with Crippen LogP contribution in [-0.4, -0.2) is 11.1 Å². The summed E-state index contributed by atoms with van der Waals surface area (Å²) >= 11 is 5.80. The van der Waals surface area contributed by atoms with Gasteiger partial charge in [-0.15, -0.1) is 0 Å². The minimum Gasteiger partial charge on any atom is -0.478 e. The van der Waals surface area contributed by atoms with E-state index in [1.54, 1.807) is 0 Å². The summed E-state index contributed by atoms with van der Waals surface area (Å²) in [5.74, 6) is 4.18. The molecule has 0 bridgehead atoms. The van der Waals surface area contributed by atoms with E-state index in [1.165, 1.54) is 18.2 Å². The summed E-state index contributed by atoms with van der Waals surface area (Å²) < 4.78 is 0. The van der Waals surface area contributed by atoms with Gasteiger partial charge in [-0.2, -0.15) is 5.26 Å². The second-order valence-corrected chi connectivity index (χ2v) is 3.04. The Morgan fingerprint density at radius 2 is 2.27 bits per heavy atom. The molecule has 15 heavy (non-hydrogen) atoms. The van der Waals surface area contributed by atoms with E-state index in [9.17, 15) is 4.79 Å². The molecule has 0 aliphatic carbocycles. The van der Waals surface area contributed by atoms with Crippen molar-refractivity contribution in [1.82, 2.24) is 0 Å². The van der Waals surface area contributed by atoms with Crippen molar-refractivity contribution >= 4 is 17.6 Å². The molecule has 1 aromatic rings. The summed E-state index contributed by atoms with van der Waals surface area (Å²) in [4.78, 5) is 10.7. The predicted octanol–water partition coefficient (Wildman–Crippen LogP) is 2.30. The lowest BCUT2D eigenvalue weighted by molar-refractivity contribution is 0.0697. The first-order chi connectivity index (χ1) is 7.15. The first-order valence-corrected chi connectivity index (χ1v) is 4.41. The van der Waals surface area contributed by atoms with Crippen LogP contribution in [0.5, 0.6) is 0 Å². The van der Waals surface area contributed by atoms with Gasteiger partial charge in [-0.1, -0.05) is 23.4 Å². The van der Waals surface area contributed by atoms with Crippen molar-refractivity contribution in [2.24, 2.45) is 0 Å². The van der Waals surface area contributed by atoms with Gasteiger partial charge < -0.3 is 5.11 Å². The van der Waals surface area contributed by atoms with E-state index >= 15 is 0 Å². The van der Waals surface area contributed by atoms with E-state index in [2.05, 4.69) is 11.8 Å². The van der Waals surface area contributed by atoms with Gasteiger partial charge in [-0.05, 0) is 18.2 Å². The quantitative estimate of drug-likeness (QED) is 0.738. The molecule has 0 saturated heterocycles. The van der Waals surface area contributed by atoms with Gasteiger partial charge in [0.05, 0.1) is 23.1 Å². The third-order valence-corrected chi connectivity index (χ3v) is 1.93. The zero-order valence-electron chi connectivity index (χ0n) is 7.62. The molecule has 74 valence electrons. The molecule has 1 aromatic carbocycles. The van der Waals surface area contributed by atoms with Crippen molar-refractivity contribution in [3.05, 3.63) is 34.3 Å². The van der Waals surface area contributed by atoms with Crippen LogP contribution in [-0.2, 0) is 0 Å². The molecule has 0 atom stereocenters. The number of halogens is 1. The number of nitrogens with zero attached hydrogens (tertiary/aromatic N) is 1. The molecule has 0 aliphatic rings. The molecule has 0 saturated carbocycles. The van der Waals surface area contributed by atoms with Gasteiger partial charge in [-0.25, -0.2) is 4.79 Å². The summed E-state index contributed by atoms with van der Waals surface area (Å²) in [6, 6.07) is 6.12. The molecule has 0 heterocycles. The minimum absolute atomic E-state index is 0.0909. The van der Waals surface area contributed by atoms with Crippen LogP contribution < -0.4 is 0 Å². The molecule has 0 unspecified atom stereocenters. The van der Waals surface area contributed by atoms with Crippen LogP contribution >= 0.6 is 11.6 Å². The van der Waals surface area contributed by atoms with Crippen LogP contribution in [0.1, 0.15) is 22.3 Å².